The Morgan fingerprint density at radius 1 is 1.43 bits per heavy atom. The number of piperazine rings is 1. The second-order valence-corrected chi connectivity index (χ2v) is 6.44. The van der Waals surface area contributed by atoms with Crippen LogP contribution in [0.15, 0.2) is 29.9 Å². The first-order valence-electron chi connectivity index (χ1n) is 7.37. The third-order valence-electron chi connectivity index (χ3n) is 4.17. The lowest BCUT2D eigenvalue weighted by atomic mass is 10.1. The van der Waals surface area contributed by atoms with Crippen LogP contribution < -0.4 is 0 Å². The zero-order valence-electron chi connectivity index (χ0n) is 12.4. The molecule has 1 aliphatic rings. The van der Waals surface area contributed by atoms with Crippen LogP contribution in [-0.2, 0) is 6.54 Å². The smallest absolute Gasteiger partial charge is 0.193 e. The molecule has 2 aromatic rings. The van der Waals surface area contributed by atoms with Gasteiger partial charge in [0, 0.05) is 62.3 Å². The first kappa shape index (κ1) is 14.7. The maximum atomic E-state index is 9.19. The number of thiazole rings is 1. The van der Waals surface area contributed by atoms with Crippen LogP contribution in [0.3, 0.4) is 0 Å². The molecule has 6 heteroatoms. The number of aliphatic hydroxyl groups excluding tert-OH is 1. The highest BCUT2D eigenvalue weighted by Gasteiger charge is 2.24. The maximum absolute atomic E-state index is 9.19. The zero-order chi connectivity index (χ0) is 14.7. The Morgan fingerprint density at radius 2 is 2.33 bits per heavy atom. The molecule has 1 saturated heterocycles. The minimum absolute atomic E-state index is 0.262. The molecule has 5 nitrogen and oxygen atoms in total. The van der Waals surface area contributed by atoms with Crippen LogP contribution in [0.4, 0.5) is 0 Å². The molecule has 1 N–H and O–H groups in total. The number of nitrogens with zero attached hydrogens (tertiary/aromatic N) is 4. The van der Waals surface area contributed by atoms with Crippen molar-refractivity contribution in [3.05, 3.63) is 35.6 Å². The highest BCUT2D eigenvalue weighted by molar-refractivity contribution is 7.12. The van der Waals surface area contributed by atoms with E-state index in [2.05, 4.69) is 44.7 Å². The first-order valence-corrected chi connectivity index (χ1v) is 8.25. The fourth-order valence-electron chi connectivity index (χ4n) is 2.91. The van der Waals surface area contributed by atoms with E-state index in [-0.39, 0.29) is 6.61 Å². The monoisotopic (exact) mass is 306 g/mol. The predicted molar refractivity (Wildman–Crippen MR) is 84.8 cm³/mol. The molecule has 3 heterocycles. The third-order valence-corrected chi connectivity index (χ3v) is 4.94. The molecule has 3 rings (SSSR count). The number of likely N-dealkylation sites (N-methyl/N-ethyl adjacent to an activating group) is 1. The lowest BCUT2D eigenvalue weighted by Gasteiger charge is -2.39. The molecule has 1 aliphatic heterocycles. The van der Waals surface area contributed by atoms with E-state index in [0.29, 0.717) is 6.04 Å². The summed E-state index contributed by atoms with van der Waals surface area (Å²) in [6, 6.07) is 4.70. The van der Waals surface area contributed by atoms with Gasteiger partial charge in [-0.15, -0.1) is 11.3 Å². The van der Waals surface area contributed by atoms with E-state index in [1.54, 1.807) is 11.3 Å². The van der Waals surface area contributed by atoms with Crippen molar-refractivity contribution in [3.63, 3.8) is 0 Å². The summed E-state index contributed by atoms with van der Waals surface area (Å²) in [6.07, 6.45) is 4.77. The van der Waals surface area contributed by atoms with Crippen LogP contribution in [-0.4, -0.2) is 63.8 Å². The molecule has 1 atom stereocenters. The molecule has 0 bridgehead atoms. The quantitative estimate of drug-likeness (QED) is 0.908. The van der Waals surface area contributed by atoms with Gasteiger partial charge in [0.15, 0.2) is 5.13 Å². The standard InChI is InChI=1S/C15H22N4OS/c1-17-7-8-18(11-13(17)4-9-20)12-14-3-2-6-19(14)15-16-5-10-21-15/h2-3,5-6,10,13,20H,4,7-9,11-12H2,1H3/t13-/m1/s1. The van der Waals surface area contributed by atoms with Gasteiger partial charge in [-0.3, -0.25) is 9.47 Å². The van der Waals surface area contributed by atoms with Crippen LogP contribution in [0.1, 0.15) is 12.1 Å². The summed E-state index contributed by atoms with van der Waals surface area (Å²) in [5.74, 6) is 0. The summed E-state index contributed by atoms with van der Waals surface area (Å²) in [6.45, 7) is 4.34. The predicted octanol–water partition coefficient (Wildman–Crippen LogP) is 1.43. The molecule has 114 valence electrons. The van der Waals surface area contributed by atoms with Crippen molar-refractivity contribution in [2.75, 3.05) is 33.3 Å². The van der Waals surface area contributed by atoms with Gasteiger partial charge in [0.2, 0.25) is 0 Å². The molecule has 0 aliphatic carbocycles. The van der Waals surface area contributed by atoms with Gasteiger partial charge in [0.05, 0.1) is 0 Å². The van der Waals surface area contributed by atoms with Gasteiger partial charge in [0.1, 0.15) is 0 Å². The Labute approximate surface area is 129 Å². The van der Waals surface area contributed by atoms with Gasteiger partial charge in [-0.25, -0.2) is 4.98 Å². The van der Waals surface area contributed by atoms with Gasteiger partial charge < -0.3 is 10.0 Å². The minimum Gasteiger partial charge on any atom is -0.396 e. The average Bonchev–Trinajstić information content (AvgIpc) is 3.13. The fraction of sp³-hybridized carbons (Fsp3) is 0.533. The van der Waals surface area contributed by atoms with Crippen LogP contribution >= 0.6 is 11.3 Å². The summed E-state index contributed by atoms with van der Waals surface area (Å²) < 4.78 is 2.17. The maximum Gasteiger partial charge on any atom is 0.193 e. The van der Waals surface area contributed by atoms with Gasteiger partial charge in [-0.2, -0.15) is 0 Å². The number of aliphatic hydroxyl groups is 1. The van der Waals surface area contributed by atoms with E-state index < -0.39 is 0 Å². The lowest BCUT2D eigenvalue weighted by Crippen LogP contribution is -2.51. The molecule has 2 aromatic heterocycles. The van der Waals surface area contributed by atoms with Gasteiger partial charge in [0.25, 0.3) is 0 Å². The van der Waals surface area contributed by atoms with E-state index in [4.69, 9.17) is 0 Å². The van der Waals surface area contributed by atoms with Crippen molar-refractivity contribution in [1.29, 1.82) is 0 Å². The number of rotatable bonds is 5. The molecule has 0 radical (unpaired) electrons. The van der Waals surface area contributed by atoms with Crippen molar-refractivity contribution in [3.8, 4) is 5.13 Å². The second-order valence-electron chi connectivity index (χ2n) is 5.57. The van der Waals surface area contributed by atoms with E-state index >= 15 is 0 Å². The van der Waals surface area contributed by atoms with Gasteiger partial charge in [-0.1, -0.05) is 0 Å². The normalized spacial score (nSPS) is 21.0. The van der Waals surface area contributed by atoms with Crippen LogP contribution in [0.5, 0.6) is 0 Å². The molecule has 0 amide bonds. The van der Waals surface area contributed by atoms with Crippen molar-refractivity contribution in [2.24, 2.45) is 0 Å². The summed E-state index contributed by atoms with van der Waals surface area (Å²) in [5.41, 5.74) is 1.28. The van der Waals surface area contributed by atoms with E-state index in [1.807, 2.05) is 11.6 Å². The van der Waals surface area contributed by atoms with E-state index in [1.165, 1.54) is 5.69 Å². The van der Waals surface area contributed by atoms with Crippen molar-refractivity contribution in [2.45, 2.75) is 19.0 Å². The topological polar surface area (TPSA) is 44.5 Å². The minimum atomic E-state index is 0.262. The molecule has 0 saturated carbocycles. The Morgan fingerprint density at radius 3 is 3.10 bits per heavy atom. The molecule has 0 unspecified atom stereocenters. The largest absolute Gasteiger partial charge is 0.396 e. The zero-order valence-corrected chi connectivity index (χ0v) is 13.2. The van der Waals surface area contributed by atoms with Crippen molar-refractivity contribution in [1.82, 2.24) is 19.4 Å². The lowest BCUT2D eigenvalue weighted by molar-refractivity contribution is 0.0733. The summed E-state index contributed by atoms with van der Waals surface area (Å²) in [7, 11) is 2.15. The second kappa shape index (κ2) is 6.70. The molecular formula is C15H22N4OS. The fourth-order valence-corrected chi connectivity index (χ4v) is 3.57. The SMILES string of the molecule is CN1CCN(Cc2cccn2-c2nccs2)C[C@H]1CCO. The summed E-state index contributed by atoms with van der Waals surface area (Å²) in [5, 5.41) is 12.2. The molecule has 0 spiro atoms. The number of hydrogen-bond acceptors (Lipinski definition) is 5. The highest BCUT2D eigenvalue weighted by Crippen LogP contribution is 2.18. The molecule has 0 aromatic carbocycles. The van der Waals surface area contributed by atoms with E-state index in [0.717, 1.165) is 37.7 Å². The molecular weight excluding hydrogens is 284 g/mol. The van der Waals surface area contributed by atoms with Crippen molar-refractivity contribution < 1.29 is 5.11 Å². The molecule has 1 fully saturated rings. The molecule has 21 heavy (non-hydrogen) atoms. The van der Waals surface area contributed by atoms with Crippen molar-refractivity contribution >= 4 is 11.3 Å². The Kier molecular flexibility index (Phi) is 4.70. The van der Waals surface area contributed by atoms with Gasteiger partial charge >= 0.3 is 0 Å². The Hall–Kier alpha value is -1.21. The average molecular weight is 306 g/mol. The van der Waals surface area contributed by atoms with E-state index in [9.17, 15) is 5.11 Å². The summed E-state index contributed by atoms with van der Waals surface area (Å²) in [4.78, 5) is 9.22. The number of hydrogen-bond donors (Lipinski definition) is 1. The summed E-state index contributed by atoms with van der Waals surface area (Å²) >= 11 is 1.66. The highest BCUT2D eigenvalue weighted by atomic mass is 32.1. The van der Waals surface area contributed by atoms with Crippen LogP contribution in [0, 0.1) is 0 Å². The third kappa shape index (κ3) is 3.35. The van der Waals surface area contributed by atoms with Crippen LogP contribution in [0.25, 0.3) is 5.13 Å². The first-order chi connectivity index (χ1) is 10.3. The number of aromatic nitrogens is 2. The Bertz CT molecular complexity index is 554. The van der Waals surface area contributed by atoms with Crippen LogP contribution in [0.2, 0.25) is 0 Å². The Balaban J connectivity index is 1.68. The van der Waals surface area contributed by atoms with Gasteiger partial charge in [-0.05, 0) is 25.6 Å².